The number of rotatable bonds is 7. The average molecular weight is 458 g/mol. The molecule has 0 spiro atoms. The Kier molecular flexibility index (Phi) is 6.08. The Morgan fingerprint density at radius 3 is 2.68 bits per heavy atom. The summed E-state index contributed by atoms with van der Waals surface area (Å²) in [4.78, 5) is 18.4. The van der Waals surface area contributed by atoms with Gasteiger partial charge in [0.2, 0.25) is 10.0 Å². The van der Waals surface area contributed by atoms with Gasteiger partial charge in [0, 0.05) is 24.7 Å². The van der Waals surface area contributed by atoms with Gasteiger partial charge < -0.3 is 4.74 Å². The van der Waals surface area contributed by atoms with Crippen molar-refractivity contribution in [3.8, 4) is 17.0 Å². The molecule has 2 heterocycles. The molecule has 0 unspecified atom stereocenters. The third-order valence-electron chi connectivity index (χ3n) is 5.07. The third kappa shape index (κ3) is 4.34. The molecule has 1 aromatic heterocycles. The van der Waals surface area contributed by atoms with Crippen LogP contribution in [0.2, 0.25) is 0 Å². The molecule has 0 fully saturated rings. The lowest BCUT2D eigenvalue weighted by Gasteiger charge is -2.16. The molecule has 0 saturated carbocycles. The molecule has 0 atom stereocenters. The molecule has 9 heteroatoms. The van der Waals surface area contributed by atoms with Crippen LogP contribution in [-0.4, -0.2) is 37.2 Å². The molecule has 1 aliphatic heterocycles. The molecule has 3 aromatic rings. The molecule has 4 rings (SSSR count). The van der Waals surface area contributed by atoms with Crippen LogP contribution in [0.1, 0.15) is 35.0 Å². The number of benzene rings is 2. The summed E-state index contributed by atoms with van der Waals surface area (Å²) in [5.41, 5.74) is 2.08. The summed E-state index contributed by atoms with van der Waals surface area (Å²) in [5.74, 6) is 0.433. The highest BCUT2D eigenvalue weighted by atomic mass is 32.2. The van der Waals surface area contributed by atoms with E-state index in [4.69, 9.17) is 4.74 Å². The number of carbonyl (C=O) groups excluding carboxylic acids is 1. The van der Waals surface area contributed by atoms with Gasteiger partial charge in [-0.3, -0.25) is 10.1 Å². The Morgan fingerprint density at radius 1 is 1.19 bits per heavy atom. The Bertz CT molecular complexity index is 1200. The van der Waals surface area contributed by atoms with Crippen LogP contribution < -0.4 is 10.1 Å². The first kappa shape index (κ1) is 21.5. The lowest BCUT2D eigenvalue weighted by molar-refractivity contribution is 0.102. The average Bonchev–Trinajstić information content (AvgIpc) is 3.20. The highest BCUT2D eigenvalue weighted by molar-refractivity contribution is 7.89. The fourth-order valence-electron chi connectivity index (χ4n) is 3.27. The molecule has 31 heavy (non-hydrogen) atoms. The van der Waals surface area contributed by atoms with E-state index in [1.807, 2.05) is 31.2 Å². The second-order valence-corrected chi connectivity index (χ2v) is 10.4. The molecule has 1 amide bonds. The number of aromatic nitrogens is 1. The minimum atomic E-state index is -3.57. The first-order valence-electron chi connectivity index (χ1n) is 10.00. The molecular formula is C22H23N3O4S2. The number of nitrogens with zero attached hydrogens (tertiary/aromatic N) is 2. The molecular weight excluding hydrogens is 434 g/mol. The molecule has 0 radical (unpaired) electrons. The van der Waals surface area contributed by atoms with Crippen LogP contribution in [0.3, 0.4) is 0 Å². The molecule has 1 aliphatic rings. The Hall–Kier alpha value is -2.75. The number of sulfonamides is 1. The SMILES string of the molecule is CCCCN(C)S(=O)(=O)c1ccc(C(=O)Nc2nc3c(s2)COc2ccccc2-3)cc1. The summed E-state index contributed by atoms with van der Waals surface area (Å²) < 4.78 is 32.3. The first-order chi connectivity index (χ1) is 14.9. The zero-order valence-corrected chi connectivity index (χ0v) is 18.9. The number of thiazole rings is 1. The van der Waals surface area contributed by atoms with Crippen molar-refractivity contribution in [3.05, 3.63) is 59.0 Å². The number of anilines is 1. The van der Waals surface area contributed by atoms with Crippen LogP contribution in [-0.2, 0) is 16.6 Å². The molecule has 2 aromatic carbocycles. The van der Waals surface area contributed by atoms with Gasteiger partial charge >= 0.3 is 0 Å². The lowest BCUT2D eigenvalue weighted by Crippen LogP contribution is -2.28. The highest BCUT2D eigenvalue weighted by Crippen LogP contribution is 2.40. The largest absolute Gasteiger partial charge is 0.487 e. The van der Waals surface area contributed by atoms with E-state index in [0.717, 1.165) is 34.7 Å². The van der Waals surface area contributed by atoms with E-state index in [1.165, 1.54) is 39.9 Å². The smallest absolute Gasteiger partial charge is 0.257 e. The number of amides is 1. The number of nitrogens with one attached hydrogen (secondary N) is 1. The van der Waals surface area contributed by atoms with Gasteiger partial charge in [-0.25, -0.2) is 17.7 Å². The molecule has 0 bridgehead atoms. The zero-order valence-electron chi connectivity index (χ0n) is 17.3. The number of unbranched alkanes of at least 4 members (excludes halogenated alkanes) is 1. The van der Waals surface area contributed by atoms with Crippen LogP contribution in [0.4, 0.5) is 5.13 Å². The third-order valence-corrected chi connectivity index (χ3v) is 7.89. The van der Waals surface area contributed by atoms with E-state index in [2.05, 4.69) is 10.3 Å². The van der Waals surface area contributed by atoms with Gasteiger partial charge in [0.05, 0.1) is 15.5 Å². The fraction of sp³-hybridized carbons (Fsp3) is 0.273. The number of fused-ring (bicyclic) bond motifs is 3. The van der Waals surface area contributed by atoms with Gasteiger partial charge in [-0.05, 0) is 42.8 Å². The van der Waals surface area contributed by atoms with Crippen LogP contribution in [0.5, 0.6) is 5.75 Å². The van der Waals surface area contributed by atoms with Crippen molar-refractivity contribution in [1.29, 1.82) is 0 Å². The van der Waals surface area contributed by atoms with Crippen LogP contribution in [0.15, 0.2) is 53.4 Å². The van der Waals surface area contributed by atoms with E-state index < -0.39 is 10.0 Å². The van der Waals surface area contributed by atoms with Crippen molar-refractivity contribution in [2.75, 3.05) is 18.9 Å². The quantitative estimate of drug-likeness (QED) is 0.569. The number of para-hydroxylation sites is 1. The highest BCUT2D eigenvalue weighted by Gasteiger charge is 2.23. The number of hydrogen-bond donors (Lipinski definition) is 1. The van der Waals surface area contributed by atoms with E-state index in [1.54, 1.807) is 7.05 Å². The van der Waals surface area contributed by atoms with Gasteiger partial charge in [0.15, 0.2) is 5.13 Å². The molecule has 162 valence electrons. The molecule has 7 nitrogen and oxygen atoms in total. The standard InChI is InChI=1S/C22H23N3O4S2/c1-3-4-13-25(2)31(27,28)16-11-9-15(10-12-16)21(26)24-22-23-20-17-7-5-6-8-18(17)29-14-19(20)30-22/h5-12H,3-4,13-14H2,1-2H3,(H,23,24,26). The van der Waals surface area contributed by atoms with Gasteiger partial charge in [-0.1, -0.05) is 36.8 Å². The van der Waals surface area contributed by atoms with E-state index >= 15 is 0 Å². The zero-order chi connectivity index (χ0) is 22.0. The van der Waals surface area contributed by atoms with E-state index in [0.29, 0.717) is 23.8 Å². The normalized spacial score (nSPS) is 12.7. The van der Waals surface area contributed by atoms with Gasteiger partial charge in [-0.2, -0.15) is 0 Å². The fourth-order valence-corrected chi connectivity index (χ4v) is 5.37. The van der Waals surface area contributed by atoms with E-state index in [-0.39, 0.29) is 10.8 Å². The molecule has 0 saturated heterocycles. The van der Waals surface area contributed by atoms with Crippen molar-refractivity contribution in [1.82, 2.24) is 9.29 Å². The van der Waals surface area contributed by atoms with Crippen LogP contribution in [0.25, 0.3) is 11.3 Å². The van der Waals surface area contributed by atoms with Crippen LogP contribution in [0, 0.1) is 0 Å². The first-order valence-corrected chi connectivity index (χ1v) is 12.3. The maximum atomic E-state index is 12.7. The Balaban J connectivity index is 1.49. The Labute approximate surface area is 185 Å². The monoisotopic (exact) mass is 457 g/mol. The molecule has 0 aliphatic carbocycles. The number of hydrogen-bond acceptors (Lipinski definition) is 6. The number of carbonyl (C=O) groups is 1. The van der Waals surface area contributed by atoms with Crippen molar-refractivity contribution in [3.63, 3.8) is 0 Å². The number of ether oxygens (including phenoxy) is 1. The summed E-state index contributed by atoms with van der Waals surface area (Å²) in [6, 6.07) is 13.6. The predicted octanol–water partition coefficient (Wildman–Crippen LogP) is 4.38. The van der Waals surface area contributed by atoms with Gasteiger partial charge in [0.1, 0.15) is 12.4 Å². The minimum Gasteiger partial charge on any atom is -0.487 e. The Morgan fingerprint density at radius 2 is 1.94 bits per heavy atom. The summed E-state index contributed by atoms with van der Waals surface area (Å²) in [5, 5.41) is 3.29. The van der Waals surface area contributed by atoms with Gasteiger partial charge in [-0.15, -0.1) is 0 Å². The second-order valence-electron chi connectivity index (χ2n) is 7.23. The second kappa shape index (κ2) is 8.78. The van der Waals surface area contributed by atoms with Crippen molar-refractivity contribution in [2.24, 2.45) is 0 Å². The van der Waals surface area contributed by atoms with Crippen LogP contribution >= 0.6 is 11.3 Å². The summed E-state index contributed by atoms with van der Waals surface area (Å²) in [6.07, 6.45) is 1.71. The lowest BCUT2D eigenvalue weighted by atomic mass is 10.1. The predicted molar refractivity (Wildman–Crippen MR) is 121 cm³/mol. The maximum Gasteiger partial charge on any atom is 0.257 e. The maximum absolute atomic E-state index is 12.7. The topological polar surface area (TPSA) is 88.6 Å². The van der Waals surface area contributed by atoms with Crippen molar-refractivity contribution >= 4 is 32.4 Å². The minimum absolute atomic E-state index is 0.168. The van der Waals surface area contributed by atoms with Gasteiger partial charge in [0.25, 0.3) is 5.91 Å². The summed E-state index contributed by atoms with van der Waals surface area (Å²) in [7, 11) is -2.00. The molecule has 1 N–H and O–H groups in total. The summed E-state index contributed by atoms with van der Waals surface area (Å²) in [6.45, 7) is 2.89. The summed E-state index contributed by atoms with van der Waals surface area (Å²) >= 11 is 1.37. The van der Waals surface area contributed by atoms with Crippen molar-refractivity contribution < 1.29 is 17.9 Å². The van der Waals surface area contributed by atoms with E-state index in [9.17, 15) is 13.2 Å². The van der Waals surface area contributed by atoms with Crippen molar-refractivity contribution in [2.45, 2.75) is 31.3 Å².